The highest BCUT2D eigenvalue weighted by Crippen LogP contribution is 2.44. The van der Waals surface area contributed by atoms with Crippen LogP contribution in [0.15, 0.2) is 18.3 Å². The fourth-order valence-corrected chi connectivity index (χ4v) is 3.61. The molecule has 2 amide bonds. The molecule has 1 aromatic heterocycles. The van der Waals surface area contributed by atoms with Gasteiger partial charge in [0.25, 0.3) is 0 Å². The highest BCUT2D eigenvalue weighted by molar-refractivity contribution is 6.05. The molecule has 1 saturated heterocycles. The lowest BCUT2D eigenvalue weighted by molar-refractivity contribution is -0.141. The Bertz CT molecular complexity index is 548. The standard InChI is InChI=1S/C16H21N3O2/c1-2-10-6-13-14(7-10)16(21)19(15(13)20)9-11-3-4-18-12(5-11)8-17/h3-5,10,13-14H,2,6-9,17H2,1H3. The molecule has 2 aliphatic rings. The van der Waals surface area contributed by atoms with Crippen LogP contribution in [0.2, 0.25) is 0 Å². The summed E-state index contributed by atoms with van der Waals surface area (Å²) < 4.78 is 0. The van der Waals surface area contributed by atoms with Crippen LogP contribution in [0.1, 0.15) is 37.4 Å². The van der Waals surface area contributed by atoms with Crippen LogP contribution in [0, 0.1) is 17.8 Å². The maximum absolute atomic E-state index is 12.5. The fraction of sp³-hybridized carbons (Fsp3) is 0.562. The van der Waals surface area contributed by atoms with Crippen molar-refractivity contribution in [1.82, 2.24) is 9.88 Å². The Morgan fingerprint density at radius 3 is 2.52 bits per heavy atom. The smallest absolute Gasteiger partial charge is 0.233 e. The largest absolute Gasteiger partial charge is 0.325 e. The van der Waals surface area contributed by atoms with Crippen LogP contribution in [-0.4, -0.2) is 21.7 Å². The van der Waals surface area contributed by atoms with E-state index in [2.05, 4.69) is 11.9 Å². The number of aromatic nitrogens is 1. The normalized spacial score (nSPS) is 28.3. The minimum atomic E-state index is -0.0849. The molecule has 2 unspecified atom stereocenters. The molecule has 0 radical (unpaired) electrons. The van der Waals surface area contributed by atoms with Gasteiger partial charge in [-0.2, -0.15) is 0 Å². The van der Waals surface area contributed by atoms with E-state index in [4.69, 9.17) is 5.73 Å². The summed E-state index contributed by atoms with van der Waals surface area (Å²) in [4.78, 5) is 30.5. The number of carbonyl (C=O) groups excluding carboxylic acids is 2. The lowest BCUT2D eigenvalue weighted by Gasteiger charge is -2.17. The number of rotatable bonds is 4. The molecule has 5 heteroatoms. The first-order valence-electron chi connectivity index (χ1n) is 7.63. The minimum Gasteiger partial charge on any atom is -0.325 e. The van der Waals surface area contributed by atoms with Crippen molar-refractivity contribution in [3.63, 3.8) is 0 Å². The first kappa shape index (κ1) is 14.2. The predicted octanol–water partition coefficient (Wildman–Crippen LogP) is 1.46. The van der Waals surface area contributed by atoms with Gasteiger partial charge < -0.3 is 5.73 Å². The van der Waals surface area contributed by atoms with Crippen molar-refractivity contribution in [3.8, 4) is 0 Å². The quantitative estimate of drug-likeness (QED) is 0.851. The summed E-state index contributed by atoms with van der Waals surface area (Å²) in [5.74, 6) is 0.371. The van der Waals surface area contributed by atoms with Gasteiger partial charge in [0.05, 0.1) is 24.1 Å². The van der Waals surface area contributed by atoms with Crippen molar-refractivity contribution < 1.29 is 9.59 Å². The van der Waals surface area contributed by atoms with Gasteiger partial charge in [0, 0.05) is 12.7 Å². The molecular formula is C16H21N3O2. The van der Waals surface area contributed by atoms with E-state index in [1.165, 1.54) is 4.90 Å². The van der Waals surface area contributed by atoms with Crippen LogP contribution in [0.3, 0.4) is 0 Å². The second-order valence-corrected chi connectivity index (χ2v) is 6.08. The summed E-state index contributed by atoms with van der Waals surface area (Å²) in [7, 11) is 0. The first-order chi connectivity index (χ1) is 10.1. The monoisotopic (exact) mass is 287 g/mol. The van der Waals surface area contributed by atoms with E-state index in [-0.39, 0.29) is 23.7 Å². The van der Waals surface area contributed by atoms with E-state index in [0.717, 1.165) is 30.5 Å². The van der Waals surface area contributed by atoms with Gasteiger partial charge in [-0.25, -0.2) is 0 Å². The van der Waals surface area contributed by atoms with Crippen molar-refractivity contribution >= 4 is 11.8 Å². The van der Waals surface area contributed by atoms with Gasteiger partial charge in [0.1, 0.15) is 0 Å². The average Bonchev–Trinajstić information content (AvgIpc) is 3.03. The van der Waals surface area contributed by atoms with E-state index < -0.39 is 0 Å². The maximum atomic E-state index is 12.5. The van der Waals surface area contributed by atoms with Gasteiger partial charge in [0.2, 0.25) is 11.8 Å². The second kappa shape index (κ2) is 5.56. The third-order valence-electron chi connectivity index (χ3n) is 4.83. The lowest BCUT2D eigenvalue weighted by atomic mass is 10.00. The Balaban J connectivity index is 1.75. The highest BCUT2D eigenvalue weighted by atomic mass is 16.2. The molecule has 112 valence electrons. The van der Waals surface area contributed by atoms with E-state index in [1.807, 2.05) is 12.1 Å². The van der Waals surface area contributed by atoms with Crippen molar-refractivity contribution in [1.29, 1.82) is 0 Å². The molecule has 1 saturated carbocycles. The maximum Gasteiger partial charge on any atom is 0.233 e. The average molecular weight is 287 g/mol. The number of fused-ring (bicyclic) bond motifs is 1. The van der Waals surface area contributed by atoms with Gasteiger partial charge in [-0.1, -0.05) is 13.3 Å². The number of amides is 2. The third-order valence-corrected chi connectivity index (χ3v) is 4.83. The second-order valence-electron chi connectivity index (χ2n) is 6.08. The van der Waals surface area contributed by atoms with Gasteiger partial charge in [0.15, 0.2) is 0 Å². The molecule has 5 nitrogen and oxygen atoms in total. The van der Waals surface area contributed by atoms with Crippen molar-refractivity contribution in [2.75, 3.05) is 0 Å². The van der Waals surface area contributed by atoms with Gasteiger partial charge >= 0.3 is 0 Å². The van der Waals surface area contributed by atoms with Gasteiger partial charge in [-0.3, -0.25) is 19.5 Å². The van der Waals surface area contributed by atoms with E-state index in [1.54, 1.807) is 6.20 Å². The Morgan fingerprint density at radius 1 is 1.29 bits per heavy atom. The van der Waals surface area contributed by atoms with Crippen LogP contribution in [0.5, 0.6) is 0 Å². The lowest BCUT2D eigenvalue weighted by Crippen LogP contribution is -2.31. The summed E-state index contributed by atoms with van der Waals surface area (Å²) in [5.41, 5.74) is 7.27. The van der Waals surface area contributed by atoms with Crippen molar-refractivity contribution in [2.45, 2.75) is 39.3 Å². The Labute approximate surface area is 124 Å². The number of carbonyl (C=O) groups is 2. The summed E-state index contributed by atoms with van der Waals surface area (Å²) in [5, 5.41) is 0. The number of pyridine rings is 1. The summed E-state index contributed by atoms with van der Waals surface area (Å²) >= 11 is 0. The molecule has 0 aromatic carbocycles. The van der Waals surface area contributed by atoms with Crippen LogP contribution in [-0.2, 0) is 22.7 Å². The predicted molar refractivity (Wildman–Crippen MR) is 77.7 cm³/mol. The number of likely N-dealkylation sites (tertiary alicyclic amines) is 1. The van der Waals surface area contributed by atoms with Crippen molar-refractivity contribution in [2.24, 2.45) is 23.5 Å². The minimum absolute atomic E-state index is 0.00654. The van der Waals surface area contributed by atoms with Gasteiger partial charge in [-0.15, -0.1) is 0 Å². The zero-order valence-electron chi connectivity index (χ0n) is 12.3. The number of nitrogens with zero attached hydrogens (tertiary/aromatic N) is 2. The summed E-state index contributed by atoms with van der Waals surface area (Å²) in [6.07, 6.45) is 4.47. The molecule has 2 N–H and O–H groups in total. The van der Waals surface area contributed by atoms with E-state index >= 15 is 0 Å². The van der Waals surface area contributed by atoms with Crippen molar-refractivity contribution in [3.05, 3.63) is 29.6 Å². The molecule has 1 aliphatic carbocycles. The highest BCUT2D eigenvalue weighted by Gasteiger charge is 2.51. The van der Waals surface area contributed by atoms with Crippen LogP contribution < -0.4 is 5.73 Å². The molecule has 3 rings (SSSR count). The molecule has 2 fully saturated rings. The molecule has 1 aliphatic heterocycles. The SMILES string of the molecule is CCC1CC2C(=O)N(Cc3ccnc(CN)c3)C(=O)C2C1. The zero-order valence-corrected chi connectivity index (χ0v) is 12.3. The van der Waals surface area contributed by atoms with E-state index in [0.29, 0.717) is 19.0 Å². The van der Waals surface area contributed by atoms with Crippen LogP contribution in [0.4, 0.5) is 0 Å². The topological polar surface area (TPSA) is 76.3 Å². The zero-order chi connectivity index (χ0) is 15.0. The van der Waals surface area contributed by atoms with E-state index in [9.17, 15) is 9.59 Å². The Kier molecular flexibility index (Phi) is 3.76. The summed E-state index contributed by atoms with van der Waals surface area (Å²) in [6.45, 7) is 2.83. The number of hydrogen-bond donors (Lipinski definition) is 1. The third kappa shape index (κ3) is 2.46. The molecule has 2 heterocycles. The fourth-order valence-electron chi connectivity index (χ4n) is 3.61. The Morgan fingerprint density at radius 2 is 1.95 bits per heavy atom. The van der Waals surface area contributed by atoms with Gasteiger partial charge in [-0.05, 0) is 36.5 Å². The van der Waals surface area contributed by atoms with Crippen LogP contribution >= 0.6 is 0 Å². The number of imide groups is 1. The molecule has 1 aromatic rings. The molecule has 2 atom stereocenters. The molecular weight excluding hydrogens is 266 g/mol. The molecule has 0 spiro atoms. The molecule has 21 heavy (non-hydrogen) atoms. The first-order valence-corrected chi connectivity index (χ1v) is 7.63. The molecule has 0 bridgehead atoms. The van der Waals surface area contributed by atoms with Crippen LogP contribution in [0.25, 0.3) is 0 Å². The number of nitrogens with two attached hydrogens (primary N) is 1. The number of hydrogen-bond acceptors (Lipinski definition) is 4. The summed E-state index contributed by atoms with van der Waals surface area (Å²) in [6, 6.07) is 3.70. The Hall–Kier alpha value is -1.75.